The number of carboxylic acids is 1. The van der Waals surface area contributed by atoms with Crippen LogP contribution in [-0.2, 0) is 14.3 Å². The first-order valence-corrected chi connectivity index (χ1v) is 12.5. The molecule has 0 radical (unpaired) electrons. The Labute approximate surface area is 204 Å². The lowest BCUT2D eigenvalue weighted by atomic mass is 9.74. The van der Waals surface area contributed by atoms with E-state index >= 15 is 0 Å². The lowest BCUT2D eigenvalue weighted by molar-refractivity contribution is -0.139. The highest BCUT2D eigenvalue weighted by Gasteiger charge is 2.73. The Morgan fingerprint density at radius 3 is 2.17 bits per heavy atom. The lowest BCUT2D eigenvalue weighted by Crippen LogP contribution is -2.45. The maximum absolute atomic E-state index is 13.1. The Hall–Kier alpha value is -3.35. The van der Waals surface area contributed by atoms with E-state index in [0.29, 0.717) is 13.0 Å². The summed E-state index contributed by atoms with van der Waals surface area (Å²) in [6.07, 6.45) is 3.97. The smallest absolute Gasteiger partial charge is 0.407 e. The molecule has 3 N–H and O–H groups in total. The highest BCUT2D eigenvalue weighted by Crippen LogP contribution is 2.73. The summed E-state index contributed by atoms with van der Waals surface area (Å²) in [6, 6.07) is 16.4. The molecule has 0 heterocycles. The van der Waals surface area contributed by atoms with Crippen LogP contribution in [0.15, 0.2) is 48.5 Å². The number of hydrogen-bond donors (Lipinski definition) is 3. The summed E-state index contributed by atoms with van der Waals surface area (Å²) in [5.41, 5.74) is 4.05. The molecule has 0 saturated heterocycles. The van der Waals surface area contributed by atoms with Crippen molar-refractivity contribution < 1.29 is 24.2 Å². The number of carboxylic acid groups (broad SMARTS) is 1. The van der Waals surface area contributed by atoms with Crippen LogP contribution in [0.5, 0.6) is 0 Å². The molecule has 2 amide bonds. The Bertz CT molecular complexity index is 1160. The van der Waals surface area contributed by atoms with Crippen molar-refractivity contribution in [1.29, 1.82) is 0 Å². The van der Waals surface area contributed by atoms with E-state index in [4.69, 9.17) is 9.84 Å². The molecule has 3 saturated carbocycles. The van der Waals surface area contributed by atoms with Gasteiger partial charge in [-0.3, -0.25) is 9.59 Å². The number of alkyl carbamates (subject to hydrolysis) is 1. The van der Waals surface area contributed by atoms with Gasteiger partial charge in [0.25, 0.3) is 0 Å². The number of benzene rings is 2. The second-order valence-corrected chi connectivity index (χ2v) is 10.7. The fourth-order valence-electron chi connectivity index (χ4n) is 6.48. The average molecular weight is 475 g/mol. The first-order valence-electron chi connectivity index (χ1n) is 12.5. The van der Waals surface area contributed by atoms with Gasteiger partial charge in [0, 0.05) is 19.0 Å². The molecule has 4 aliphatic carbocycles. The Morgan fingerprint density at radius 2 is 1.63 bits per heavy atom. The van der Waals surface area contributed by atoms with E-state index < -0.39 is 17.5 Å². The molecule has 0 aromatic heterocycles. The Kier molecular flexibility index (Phi) is 5.13. The molecule has 3 atom stereocenters. The van der Waals surface area contributed by atoms with Crippen LogP contribution in [0.3, 0.4) is 0 Å². The van der Waals surface area contributed by atoms with Crippen molar-refractivity contribution in [1.82, 2.24) is 10.6 Å². The quantitative estimate of drug-likeness (QED) is 0.538. The van der Waals surface area contributed by atoms with Crippen molar-refractivity contribution in [3.63, 3.8) is 0 Å². The number of carbonyl (C=O) groups is 3. The van der Waals surface area contributed by atoms with E-state index in [9.17, 15) is 14.4 Å². The molecule has 182 valence electrons. The largest absolute Gasteiger partial charge is 0.481 e. The summed E-state index contributed by atoms with van der Waals surface area (Å²) in [7, 11) is 0. The van der Waals surface area contributed by atoms with Gasteiger partial charge in [-0.15, -0.1) is 0 Å². The summed E-state index contributed by atoms with van der Waals surface area (Å²) < 4.78 is 5.66. The molecule has 4 aliphatic rings. The van der Waals surface area contributed by atoms with Gasteiger partial charge in [0.05, 0.1) is 11.3 Å². The average Bonchev–Trinajstić information content (AvgIpc) is 3.74. The highest BCUT2D eigenvalue weighted by atomic mass is 16.5. The minimum absolute atomic E-state index is 0.00923. The monoisotopic (exact) mass is 474 g/mol. The minimum atomic E-state index is -0.794. The van der Waals surface area contributed by atoms with E-state index in [2.05, 4.69) is 34.9 Å². The molecule has 7 nitrogen and oxygen atoms in total. The first-order chi connectivity index (χ1) is 16.9. The van der Waals surface area contributed by atoms with E-state index in [1.165, 1.54) is 11.1 Å². The van der Waals surface area contributed by atoms with Crippen LogP contribution in [0.1, 0.15) is 49.1 Å². The summed E-state index contributed by atoms with van der Waals surface area (Å²) in [4.78, 5) is 36.9. The predicted molar refractivity (Wildman–Crippen MR) is 129 cm³/mol. The molecule has 1 spiro atoms. The van der Waals surface area contributed by atoms with E-state index in [1.54, 1.807) is 0 Å². The molecule has 0 bridgehead atoms. The summed E-state index contributed by atoms with van der Waals surface area (Å²) in [5, 5.41) is 15.0. The Balaban J connectivity index is 1.06. The van der Waals surface area contributed by atoms with Gasteiger partial charge in [-0.05, 0) is 59.3 Å². The minimum Gasteiger partial charge on any atom is -0.481 e. The zero-order chi connectivity index (χ0) is 24.2. The van der Waals surface area contributed by atoms with Crippen LogP contribution < -0.4 is 10.6 Å². The molecule has 2 aromatic rings. The van der Waals surface area contributed by atoms with Gasteiger partial charge in [0.2, 0.25) is 5.91 Å². The molecule has 1 unspecified atom stereocenters. The van der Waals surface area contributed by atoms with Gasteiger partial charge in [-0.1, -0.05) is 55.0 Å². The number of aliphatic carboxylic acids is 1. The molecule has 6 rings (SSSR count). The summed E-state index contributed by atoms with van der Waals surface area (Å²) in [5.74, 6) is -1.20. The standard InChI is InChI=1S/C28H30N2O5/c31-24(32)22-12-17(22)13-29-25(33)28(15-27(28)10-5-11-27)16-30-26(34)35-14-23-20-8-3-1-6-18(20)19-7-2-4-9-21(19)23/h1-4,6-9,17,22-23H,5,10-16H2,(H,29,33)(H,30,34)(H,31,32)/t17-,22-,28?/m1/s1. The van der Waals surface area contributed by atoms with Gasteiger partial charge in [0.15, 0.2) is 0 Å². The predicted octanol–water partition coefficient (Wildman–Crippen LogP) is 3.92. The lowest BCUT2D eigenvalue weighted by Gasteiger charge is -2.32. The van der Waals surface area contributed by atoms with Crippen LogP contribution in [0.2, 0.25) is 0 Å². The molecular formula is C28H30N2O5. The normalized spacial score (nSPS) is 26.7. The molecule has 2 aromatic carbocycles. The highest BCUT2D eigenvalue weighted by molar-refractivity contribution is 5.88. The van der Waals surface area contributed by atoms with Gasteiger partial charge < -0.3 is 20.5 Å². The molecule has 0 aliphatic heterocycles. The van der Waals surface area contributed by atoms with Crippen molar-refractivity contribution in [3.05, 3.63) is 59.7 Å². The van der Waals surface area contributed by atoms with Gasteiger partial charge in [-0.2, -0.15) is 0 Å². The molecular weight excluding hydrogens is 444 g/mol. The molecule has 3 fully saturated rings. The van der Waals surface area contributed by atoms with Crippen molar-refractivity contribution in [3.8, 4) is 11.1 Å². The zero-order valence-electron chi connectivity index (χ0n) is 19.6. The number of amides is 2. The zero-order valence-corrected chi connectivity index (χ0v) is 19.6. The van der Waals surface area contributed by atoms with Gasteiger partial charge in [-0.25, -0.2) is 4.79 Å². The van der Waals surface area contributed by atoms with Gasteiger partial charge in [0.1, 0.15) is 6.61 Å². The SMILES string of the molecule is O=C(NCC1(C(=O)NC[C@H]2C[C@H]2C(=O)O)CC12CCC2)OCC1c2ccccc2-c2ccccc21. The van der Waals surface area contributed by atoms with E-state index in [0.717, 1.165) is 36.8 Å². The molecule has 35 heavy (non-hydrogen) atoms. The number of carbonyl (C=O) groups excluding carboxylic acids is 2. The third-order valence-corrected chi connectivity index (χ3v) is 8.92. The Morgan fingerprint density at radius 1 is 0.971 bits per heavy atom. The maximum atomic E-state index is 13.1. The number of nitrogens with one attached hydrogen (secondary N) is 2. The summed E-state index contributed by atoms with van der Waals surface area (Å²) in [6.45, 7) is 0.879. The van der Waals surface area contributed by atoms with Crippen LogP contribution in [0.4, 0.5) is 4.79 Å². The van der Waals surface area contributed by atoms with Crippen molar-refractivity contribution in [2.45, 2.75) is 38.0 Å². The number of ether oxygens (including phenoxy) is 1. The van der Waals surface area contributed by atoms with Gasteiger partial charge >= 0.3 is 12.1 Å². The van der Waals surface area contributed by atoms with E-state index in [1.807, 2.05) is 24.3 Å². The number of hydrogen-bond acceptors (Lipinski definition) is 4. The van der Waals surface area contributed by atoms with Crippen LogP contribution in [0, 0.1) is 22.7 Å². The van der Waals surface area contributed by atoms with E-state index in [-0.39, 0.29) is 42.2 Å². The third-order valence-electron chi connectivity index (χ3n) is 8.92. The first kappa shape index (κ1) is 22.1. The second kappa shape index (κ2) is 8.11. The third kappa shape index (κ3) is 3.60. The topological polar surface area (TPSA) is 105 Å². The van der Waals surface area contributed by atoms with Crippen LogP contribution in [0.25, 0.3) is 11.1 Å². The van der Waals surface area contributed by atoms with Crippen LogP contribution in [-0.4, -0.2) is 42.8 Å². The number of rotatable bonds is 8. The fraction of sp³-hybridized carbons (Fsp3) is 0.464. The van der Waals surface area contributed by atoms with Crippen molar-refractivity contribution >= 4 is 18.0 Å². The summed E-state index contributed by atoms with van der Waals surface area (Å²) >= 11 is 0. The molecule has 7 heteroatoms. The maximum Gasteiger partial charge on any atom is 0.407 e. The van der Waals surface area contributed by atoms with Crippen molar-refractivity contribution in [2.75, 3.05) is 19.7 Å². The second-order valence-electron chi connectivity index (χ2n) is 10.7. The van der Waals surface area contributed by atoms with Crippen molar-refractivity contribution in [2.24, 2.45) is 22.7 Å². The fourth-order valence-corrected chi connectivity index (χ4v) is 6.48. The van der Waals surface area contributed by atoms with Crippen LogP contribution >= 0.6 is 0 Å². The number of fused-ring (bicyclic) bond motifs is 3.